The molecule has 7 heteroatoms. The van der Waals surface area contributed by atoms with Gasteiger partial charge in [0.15, 0.2) is 0 Å². The van der Waals surface area contributed by atoms with Crippen LogP contribution in [-0.4, -0.2) is 38.3 Å². The Balaban J connectivity index is 2.95. The number of amides is 2. The summed E-state index contributed by atoms with van der Waals surface area (Å²) in [7, 11) is 3.09. The van der Waals surface area contributed by atoms with Crippen LogP contribution in [0.25, 0.3) is 0 Å². The Morgan fingerprint density at radius 1 is 1.18 bits per heavy atom. The summed E-state index contributed by atoms with van der Waals surface area (Å²) in [6, 6.07) is 3.52. The van der Waals surface area contributed by atoms with Crippen LogP contribution in [0.3, 0.4) is 0 Å². The Bertz CT molecular complexity index is 535. The molecular weight excluding hydrogens is 304 g/mol. The lowest BCUT2D eigenvalue weighted by Crippen LogP contribution is -2.22. The first kappa shape index (κ1) is 18.2. The van der Waals surface area contributed by atoms with Gasteiger partial charge in [-0.25, -0.2) is 0 Å². The van der Waals surface area contributed by atoms with E-state index in [1.165, 1.54) is 14.0 Å². The third-order valence-corrected chi connectivity index (χ3v) is 3.21. The van der Waals surface area contributed by atoms with Gasteiger partial charge in [-0.15, -0.1) is 0 Å². The molecule has 2 amide bonds. The molecule has 2 N–H and O–H groups in total. The van der Waals surface area contributed by atoms with Crippen LogP contribution < -0.4 is 20.1 Å². The van der Waals surface area contributed by atoms with E-state index in [2.05, 4.69) is 23.3 Å². The summed E-state index contributed by atoms with van der Waals surface area (Å²) < 4.78 is 10.7. The van der Waals surface area contributed by atoms with Gasteiger partial charge in [-0.3, -0.25) is 9.59 Å². The minimum Gasteiger partial charge on any atom is -0.496 e. The van der Waals surface area contributed by atoms with Crippen LogP contribution in [0.5, 0.6) is 11.5 Å². The van der Waals surface area contributed by atoms with Crippen LogP contribution in [-0.2, 0) is 16.0 Å². The van der Waals surface area contributed by atoms with Crippen molar-refractivity contribution in [3.63, 3.8) is 0 Å². The minimum absolute atomic E-state index is 0.0819. The van der Waals surface area contributed by atoms with Crippen molar-refractivity contribution in [2.45, 2.75) is 19.8 Å². The van der Waals surface area contributed by atoms with Gasteiger partial charge >= 0.3 is 0 Å². The molecule has 1 aromatic carbocycles. The van der Waals surface area contributed by atoms with Crippen molar-refractivity contribution in [2.75, 3.05) is 31.8 Å². The Hall–Kier alpha value is -1.89. The van der Waals surface area contributed by atoms with Gasteiger partial charge in [-0.2, -0.15) is 12.6 Å². The number of ether oxygens (including phenoxy) is 2. The maximum absolute atomic E-state index is 11.7. The molecule has 1 rings (SSSR count). The van der Waals surface area contributed by atoms with E-state index < -0.39 is 0 Å². The Morgan fingerprint density at radius 2 is 1.86 bits per heavy atom. The summed E-state index contributed by atoms with van der Waals surface area (Å²) in [6.45, 7) is 1.97. The smallest absolute Gasteiger partial charge is 0.225 e. The van der Waals surface area contributed by atoms with Gasteiger partial charge in [0, 0.05) is 26.0 Å². The quantitative estimate of drug-likeness (QED) is 0.635. The number of thiol groups is 1. The lowest BCUT2D eigenvalue weighted by atomic mass is 10.1. The normalized spacial score (nSPS) is 10.0. The van der Waals surface area contributed by atoms with Crippen LogP contribution in [0.2, 0.25) is 0 Å². The minimum atomic E-state index is -0.138. The average molecular weight is 326 g/mol. The van der Waals surface area contributed by atoms with E-state index in [-0.39, 0.29) is 11.8 Å². The first-order valence-corrected chi connectivity index (χ1v) is 7.55. The SMILES string of the molecule is COc1cc(NC(=O)CCS)c(OC)cc1CCNC(C)=O. The largest absolute Gasteiger partial charge is 0.496 e. The predicted molar refractivity (Wildman–Crippen MR) is 89.0 cm³/mol. The van der Waals surface area contributed by atoms with Crippen molar-refractivity contribution in [3.8, 4) is 11.5 Å². The number of methoxy groups -OCH3 is 2. The molecule has 0 aliphatic carbocycles. The topological polar surface area (TPSA) is 76.7 Å². The van der Waals surface area contributed by atoms with E-state index >= 15 is 0 Å². The lowest BCUT2D eigenvalue weighted by Gasteiger charge is -2.15. The van der Waals surface area contributed by atoms with Gasteiger partial charge in [0.2, 0.25) is 11.8 Å². The molecule has 0 saturated heterocycles. The molecule has 0 saturated carbocycles. The molecule has 0 heterocycles. The molecule has 0 bridgehead atoms. The molecule has 0 radical (unpaired) electrons. The number of hydrogen-bond acceptors (Lipinski definition) is 5. The van der Waals surface area contributed by atoms with Crippen molar-refractivity contribution >= 4 is 30.1 Å². The van der Waals surface area contributed by atoms with Crippen molar-refractivity contribution in [1.29, 1.82) is 0 Å². The van der Waals surface area contributed by atoms with E-state index in [1.54, 1.807) is 19.2 Å². The third kappa shape index (κ3) is 5.48. The second kappa shape index (κ2) is 9.19. The van der Waals surface area contributed by atoms with Crippen molar-refractivity contribution in [2.24, 2.45) is 0 Å². The second-order valence-electron chi connectivity index (χ2n) is 4.62. The Labute approximate surface area is 136 Å². The zero-order valence-electron chi connectivity index (χ0n) is 13.1. The number of anilines is 1. The maximum atomic E-state index is 11.7. The zero-order valence-corrected chi connectivity index (χ0v) is 14.0. The highest BCUT2D eigenvalue weighted by Crippen LogP contribution is 2.33. The molecule has 0 aromatic heterocycles. The molecule has 0 atom stereocenters. The summed E-state index contributed by atoms with van der Waals surface area (Å²) in [5.74, 6) is 1.43. The number of carbonyl (C=O) groups excluding carboxylic acids is 2. The third-order valence-electron chi connectivity index (χ3n) is 2.98. The first-order chi connectivity index (χ1) is 10.5. The Morgan fingerprint density at radius 3 is 2.41 bits per heavy atom. The first-order valence-electron chi connectivity index (χ1n) is 6.91. The molecule has 122 valence electrons. The standard InChI is InChI=1S/C15H22N2O4S/c1-10(18)16-6-4-11-8-14(21-3)12(9-13(11)20-2)17-15(19)5-7-22/h8-9,22H,4-7H2,1-3H3,(H,16,18)(H,17,19). The summed E-state index contributed by atoms with van der Waals surface area (Å²) in [5.41, 5.74) is 1.44. The summed E-state index contributed by atoms with van der Waals surface area (Å²) in [4.78, 5) is 22.6. The van der Waals surface area contributed by atoms with Crippen LogP contribution >= 0.6 is 12.6 Å². The molecular formula is C15H22N2O4S. The fourth-order valence-electron chi connectivity index (χ4n) is 1.94. The average Bonchev–Trinajstić information content (AvgIpc) is 2.47. The van der Waals surface area contributed by atoms with Crippen molar-refractivity contribution < 1.29 is 19.1 Å². The molecule has 0 aliphatic heterocycles. The van der Waals surface area contributed by atoms with E-state index in [1.807, 2.05) is 0 Å². The van der Waals surface area contributed by atoms with E-state index in [0.29, 0.717) is 42.3 Å². The van der Waals surface area contributed by atoms with Crippen LogP contribution in [0.4, 0.5) is 5.69 Å². The molecule has 22 heavy (non-hydrogen) atoms. The summed E-state index contributed by atoms with van der Waals surface area (Å²) in [6.07, 6.45) is 0.919. The van der Waals surface area contributed by atoms with Crippen molar-refractivity contribution in [1.82, 2.24) is 5.32 Å². The second-order valence-corrected chi connectivity index (χ2v) is 5.07. The number of rotatable bonds is 8. The number of carbonyl (C=O) groups is 2. The highest BCUT2D eigenvalue weighted by Gasteiger charge is 2.13. The number of benzene rings is 1. The Kier molecular flexibility index (Phi) is 7.59. The van der Waals surface area contributed by atoms with E-state index in [9.17, 15) is 9.59 Å². The highest BCUT2D eigenvalue weighted by atomic mass is 32.1. The van der Waals surface area contributed by atoms with E-state index in [4.69, 9.17) is 9.47 Å². The molecule has 0 fully saturated rings. The van der Waals surface area contributed by atoms with Gasteiger partial charge in [0.25, 0.3) is 0 Å². The summed E-state index contributed by atoms with van der Waals surface area (Å²) >= 11 is 4.03. The molecule has 1 aromatic rings. The number of nitrogens with one attached hydrogen (secondary N) is 2. The van der Waals surface area contributed by atoms with Crippen LogP contribution in [0.1, 0.15) is 18.9 Å². The molecule has 0 aliphatic rings. The molecule has 0 unspecified atom stereocenters. The van der Waals surface area contributed by atoms with Gasteiger partial charge in [-0.05, 0) is 23.8 Å². The summed E-state index contributed by atoms with van der Waals surface area (Å²) in [5, 5.41) is 5.51. The van der Waals surface area contributed by atoms with Gasteiger partial charge < -0.3 is 20.1 Å². The van der Waals surface area contributed by atoms with Gasteiger partial charge in [-0.1, -0.05) is 0 Å². The van der Waals surface area contributed by atoms with Crippen LogP contribution in [0.15, 0.2) is 12.1 Å². The highest BCUT2D eigenvalue weighted by molar-refractivity contribution is 7.80. The maximum Gasteiger partial charge on any atom is 0.225 e. The van der Waals surface area contributed by atoms with Crippen LogP contribution in [0, 0.1) is 0 Å². The molecule has 0 spiro atoms. The lowest BCUT2D eigenvalue weighted by molar-refractivity contribution is -0.119. The number of hydrogen-bond donors (Lipinski definition) is 3. The van der Waals surface area contributed by atoms with Crippen molar-refractivity contribution in [3.05, 3.63) is 17.7 Å². The monoisotopic (exact) mass is 326 g/mol. The fraction of sp³-hybridized carbons (Fsp3) is 0.467. The van der Waals surface area contributed by atoms with E-state index in [0.717, 1.165) is 5.56 Å². The van der Waals surface area contributed by atoms with Gasteiger partial charge in [0.1, 0.15) is 11.5 Å². The fourth-order valence-corrected chi connectivity index (χ4v) is 2.14. The molecule has 6 nitrogen and oxygen atoms in total. The zero-order chi connectivity index (χ0) is 16.5. The predicted octanol–water partition coefficient (Wildman–Crippen LogP) is 1.64. The van der Waals surface area contributed by atoms with Gasteiger partial charge in [0.05, 0.1) is 19.9 Å².